The quantitative estimate of drug-likeness (QED) is 0.822. The van der Waals surface area contributed by atoms with E-state index in [0.717, 1.165) is 30.6 Å². The normalized spacial score (nSPS) is 15.7. The number of benzene rings is 2. The molecule has 20 heavy (non-hydrogen) atoms. The van der Waals surface area contributed by atoms with Crippen LogP contribution in [0, 0.1) is 0 Å². The van der Waals surface area contributed by atoms with Crippen molar-refractivity contribution in [1.29, 1.82) is 0 Å². The molecule has 0 aliphatic heterocycles. The maximum absolute atomic E-state index is 12.3. The maximum atomic E-state index is 12.3. The molecular weight excluding hydrogens is 264 g/mol. The van der Waals surface area contributed by atoms with Crippen LogP contribution in [0.25, 0.3) is 0 Å². The Balaban J connectivity index is 2.01. The van der Waals surface area contributed by atoms with E-state index < -0.39 is 10.8 Å². The van der Waals surface area contributed by atoms with Gasteiger partial charge in [0.1, 0.15) is 0 Å². The minimum absolute atomic E-state index is 0.699. The van der Waals surface area contributed by atoms with Crippen molar-refractivity contribution in [1.82, 2.24) is 0 Å². The smallest absolute Gasteiger partial charge is 0.0529 e. The van der Waals surface area contributed by atoms with E-state index in [0.29, 0.717) is 5.75 Å². The largest absolute Gasteiger partial charge is 0.254 e. The molecule has 6 rings (SSSR count). The van der Waals surface area contributed by atoms with Crippen molar-refractivity contribution in [3.8, 4) is 0 Å². The van der Waals surface area contributed by atoms with Gasteiger partial charge in [0, 0.05) is 10.6 Å². The monoisotopic (exact) mass is 284 g/mol. The van der Waals surface area contributed by atoms with Crippen LogP contribution in [0.5, 0.6) is 0 Å². The zero-order chi connectivity index (χ0) is 13.9. The lowest BCUT2D eigenvalue weighted by Gasteiger charge is -2.13. The summed E-state index contributed by atoms with van der Waals surface area (Å²) in [5, 5.41) is 0. The summed E-state index contributed by atoms with van der Waals surface area (Å²) in [6.07, 6.45) is 4.07. The van der Waals surface area contributed by atoms with Crippen molar-refractivity contribution in [3.63, 3.8) is 0 Å². The first kappa shape index (κ1) is 13.6. The number of aryl methyl sites for hydroxylation is 4. The van der Waals surface area contributed by atoms with Gasteiger partial charge in [-0.3, -0.25) is 4.21 Å². The molecule has 0 aromatic heterocycles. The van der Waals surface area contributed by atoms with Crippen LogP contribution in [-0.2, 0) is 36.5 Å². The molecule has 0 radical (unpaired) electrons. The van der Waals surface area contributed by atoms with Gasteiger partial charge in [0.25, 0.3) is 0 Å². The van der Waals surface area contributed by atoms with Gasteiger partial charge in [-0.15, -0.1) is 0 Å². The fourth-order valence-electron chi connectivity index (χ4n) is 2.77. The van der Waals surface area contributed by atoms with Crippen molar-refractivity contribution in [3.05, 3.63) is 64.7 Å². The van der Waals surface area contributed by atoms with Gasteiger partial charge in [0.2, 0.25) is 0 Å². The molecule has 2 aromatic rings. The molecule has 4 aliphatic carbocycles. The Kier molecular flexibility index (Phi) is 4.02. The molecule has 0 amide bonds. The first-order valence-electron chi connectivity index (χ1n) is 7.34. The highest BCUT2D eigenvalue weighted by atomic mass is 32.2. The van der Waals surface area contributed by atoms with Crippen LogP contribution in [0.15, 0.2) is 47.4 Å². The van der Waals surface area contributed by atoms with Crippen molar-refractivity contribution >= 4 is 10.8 Å². The van der Waals surface area contributed by atoms with Crippen LogP contribution >= 0.6 is 0 Å². The molecule has 4 aliphatic rings. The zero-order valence-electron chi connectivity index (χ0n) is 11.9. The summed E-state index contributed by atoms with van der Waals surface area (Å²) >= 11 is 0. The van der Waals surface area contributed by atoms with Gasteiger partial charge in [-0.05, 0) is 54.0 Å². The predicted molar refractivity (Wildman–Crippen MR) is 84.6 cm³/mol. The first-order valence-corrected chi connectivity index (χ1v) is 8.66. The van der Waals surface area contributed by atoms with Crippen LogP contribution < -0.4 is 0 Å². The van der Waals surface area contributed by atoms with Gasteiger partial charge in [0.15, 0.2) is 0 Å². The molecule has 0 fully saturated rings. The second kappa shape index (κ2) is 5.92. The minimum Gasteiger partial charge on any atom is -0.254 e. The van der Waals surface area contributed by atoms with Gasteiger partial charge in [-0.1, -0.05) is 43.3 Å². The van der Waals surface area contributed by atoms with Crippen molar-refractivity contribution in [2.24, 2.45) is 0 Å². The summed E-state index contributed by atoms with van der Waals surface area (Å²) in [6.45, 7) is 1.99. The van der Waals surface area contributed by atoms with E-state index in [-0.39, 0.29) is 0 Å². The lowest BCUT2D eigenvalue weighted by molar-refractivity contribution is 0.682. The second-order valence-corrected chi connectivity index (χ2v) is 7.10. The van der Waals surface area contributed by atoms with Crippen molar-refractivity contribution in [2.75, 3.05) is 5.75 Å². The third-order valence-electron chi connectivity index (χ3n) is 4.05. The first-order chi connectivity index (χ1) is 9.76. The molecule has 4 bridgehead atoms. The molecule has 104 valence electrons. The van der Waals surface area contributed by atoms with E-state index in [2.05, 4.69) is 42.5 Å². The third kappa shape index (κ3) is 2.85. The van der Waals surface area contributed by atoms with Crippen LogP contribution in [0.1, 0.15) is 29.2 Å². The standard InChI is InChI=1S/C18H20OS/c1-2-20(19)18-13-16-8-7-14-3-5-15(6-4-14)9-11-17(18)12-10-16/h3-6,10,12-13H,2,7-9,11H2,1H3/t20-/m0/s1. The molecule has 1 atom stereocenters. The summed E-state index contributed by atoms with van der Waals surface area (Å²) in [7, 11) is -0.857. The highest BCUT2D eigenvalue weighted by molar-refractivity contribution is 7.85. The second-order valence-electron chi connectivity index (χ2n) is 5.39. The molecule has 0 spiro atoms. The molecular formula is C18H20OS. The minimum atomic E-state index is -0.857. The molecule has 0 saturated carbocycles. The van der Waals surface area contributed by atoms with Gasteiger partial charge in [-0.25, -0.2) is 0 Å². The number of hydrogen-bond donors (Lipinski definition) is 0. The fourth-order valence-corrected chi connectivity index (χ4v) is 3.83. The van der Waals surface area contributed by atoms with Crippen LogP contribution in [-0.4, -0.2) is 9.96 Å². The fraction of sp³-hybridized carbons (Fsp3) is 0.333. The SMILES string of the molecule is CC[S@](=O)c1cc2ccc1CCc1ccc(cc1)CC2. The number of hydrogen-bond acceptors (Lipinski definition) is 1. The molecule has 0 unspecified atom stereocenters. The Bertz CT molecular complexity index is 628. The van der Waals surface area contributed by atoms with E-state index in [9.17, 15) is 4.21 Å². The van der Waals surface area contributed by atoms with E-state index in [1.165, 1.54) is 22.3 Å². The molecule has 2 heteroatoms. The summed E-state index contributed by atoms with van der Waals surface area (Å²) in [5.41, 5.74) is 5.30. The van der Waals surface area contributed by atoms with Gasteiger partial charge in [-0.2, -0.15) is 0 Å². The van der Waals surface area contributed by atoms with Gasteiger partial charge >= 0.3 is 0 Å². The Labute approximate surface area is 123 Å². The molecule has 0 heterocycles. The summed E-state index contributed by atoms with van der Waals surface area (Å²) in [4.78, 5) is 1.06. The zero-order valence-corrected chi connectivity index (χ0v) is 12.7. The predicted octanol–water partition coefficient (Wildman–Crippen LogP) is 3.70. The van der Waals surface area contributed by atoms with Crippen LogP contribution in [0.4, 0.5) is 0 Å². The van der Waals surface area contributed by atoms with E-state index in [4.69, 9.17) is 0 Å². The average molecular weight is 284 g/mol. The Morgan fingerprint density at radius 2 is 1.40 bits per heavy atom. The van der Waals surface area contributed by atoms with E-state index >= 15 is 0 Å². The Morgan fingerprint density at radius 3 is 2.05 bits per heavy atom. The van der Waals surface area contributed by atoms with Gasteiger partial charge < -0.3 is 0 Å². The van der Waals surface area contributed by atoms with Crippen molar-refractivity contribution in [2.45, 2.75) is 37.5 Å². The van der Waals surface area contributed by atoms with Gasteiger partial charge in [0.05, 0.1) is 10.8 Å². The number of rotatable bonds is 2. The van der Waals surface area contributed by atoms with E-state index in [1.807, 2.05) is 6.92 Å². The molecule has 2 aromatic carbocycles. The Hall–Kier alpha value is -1.41. The average Bonchev–Trinajstić information content (AvgIpc) is 2.49. The molecule has 0 N–H and O–H groups in total. The highest BCUT2D eigenvalue weighted by Gasteiger charge is 2.11. The third-order valence-corrected chi connectivity index (χ3v) is 5.44. The van der Waals surface area contributed by atoms with Crippen molar-refractivity contribution < 1.29 is 4.21 Å². The van der Waals surface area contributed by atoms with Crippen LogP contribution in [0.3, 0.4) is 0 Å². The molecule has 0 saturated heterocycles. The highest BCUT2D eigenvalue weighted by Crippen LogP contribution is 2.21. The topological polar surface area (TPSA) is 17.1 Å². The summed E-state index contributed by atoms with van der Waals surface area (Å²) in [5.74, 6) is 0.699. The van der Waals surface area contributed by atoms with E-state index in [1.54, 1.807) is 0 Å². The van der Waals surface area contributed by atoms with Crippen LogP contribution in [0.2, 0.25) is 0 Å². The summed E-state index contributed by atoms with van der Waals surface area (Å²) in [6, 6.07) is 15.5. The Morgan fingerprint density at radius 1 is 0.850 bits per heavy atom. The molecule has 1 nitrogen and oxygen atoms in total. The lowest BCUT2D eigenvalue weighted by Crippen LogP contribution is -2.04. The lowest BCUT2D eigenvalue weighted by atomic mass is 9.97. The summed E-state index contributed by atoms with van der Waals surface area (Å²) < 4.78 is 12.3. The maximum Gasteiger partial charge on any atom is 0.0529 e.